The van der Waals surface area contributed by atoms with Gasteiger partial charge >= 0.3 is 0 Å². The molecule has 0 radical (unpaired) electrons. The first-order valence-corrected chi connectivity index (χ1v) is 12.0. The van der Waals surface area contributed by atoms with Crippen LogP contribution in [0.2, 0.25) is 0 Å². The maximum absolute atomic E-state index is 3.86. The molecule has 30 heavy (non-hydrogen) atoms. The second-order valence-corrected chi connectivity index (χ2v) is 11.4. The van der Waals surface area contributed by atoms with E-state index in [-0.39, 0.29) is 10.8 Å². The van der Waals surface area contributed by atoms with E-state index in [0.29, 0.717) is 0 Å². The summed E-state index contributed by atoms with van der Waals surface area (Å²) in [6, 6.07) is 22.6. The highest BCUT2D eigenvalue weighted by molar-refractivity contribution is 9.11. The fourth-order valence-corrected chi connectivity index (χ4v) is 6.92. The number of rotatable bonds is 0. The Labute approximate surface area is 194 Å². The van der Waals surface area contributed by atoms with E-state index >= 15 is 0 Å². The lowest BCUT2D eigenvalue weighted by Gasteiger charge is -2.30. The molecule has 0 aliphatic heterocycles. The fraction of sp³-hybridized carbons (Fsp3) is 0.214. The minimum atomic E-state index is -0.0564. The zero-order chi connectivity index (χ0) is 21.0. The van der Waals surface area contributed by atoms with E-state index < -0.39 is 0 Å². The van der Waals surface area contributed by atoms with Gasteiger partial charge < -0.3 is 0 Å². The highest BCUT2D eigenvalue weighted by atomic mass is 79.9. The van der Waals surface area contributed by atoms with Crippen molar-refractivity contribution in [1.82, 2.24) is 0 Å². The lowest BCUT2D eigenvalue weighted by atomic mass is 9.72. The topological polar surface area (TPSA) is 0 Å². The number of halogens is 2. The van der Waals surface area contributed by atoms with Crippen LogP contribution in [0.15, 0.2) is 69.6 Å². The van der Waals surface area contributed by atoms with Gasteiger partial charge in [-0.05, 0) is 73.5 Å². The van der Waals surface area contributed by atoms with Crippen molar-refractivity contribution in [1.29, 1.82) is 0 Å². The average molecular weight is 518 g/mol. The number of hydrogen-bond donors (Lipinski definition) is 0. The third kappa shape index (κ3) is 2.17. The van der Waals surface area contributed by atoms with E-state index in [1.54, 1.807) is 0 Å². The van der Waals surface area contributed by atoms with Crippen molar-refractivity contribution in [3.05, 3.63) is 91.9 Å². The first-order chi connectivity index (χ1) is 14.2. The summed E-state index contributed by atoms with van der Waals surface area (Å²) < 4.78 is 2.33. The van der Waals surface area contributed by atoms with Crippen molar-refractivity contribution in [3.8, 4) is 22.3 Å². The summed E-state index contributed by atoms with van der Waals surface area (Å²) >= 11 is 7.56. The highest BCUT2D eigenvalue weighted by Gasteiger charge is 2.46. The van der Waals surface area contributed by atoms with Gasteiger partial charge in [0.2, 0.25) is 0 Å². The summed E-state index contributed by atoms with van der Waals surface area (Å²) in [5.41, 5.74) is 11.3. The highest BCUT2D eigenvalue weighted by Crippen LogP contribution is 2.60. The average Bonchev–Trinajstić information content (AvgIpc) is 3.07. The Morgan fingerprint density at radius 2 is 1.20 bits per heavy atom. The van der Waals surface area contributed by atoms with E-state index in [9.17, 15) is 0 Å². The summed E-state index contributed by atoms with van der Waals surface area (Å²) in [7, 11) is 0. The molecule has 0 aromatic heterocycles. The molecule has 0 fully saturated rings. The molecular weight excluding hydrogens is 496 g/mol. The van der Waals surface area contributed by atoms with Crippen LogP contribution >= 0.6 is 31.9 Å². The number of hydrogen-bond acceptors (Lipinski definition) is 0. The van der Waals surface area contributed by atoms with Crippen molar-refractivity contribution in [2.45, 2.75) is 38.5 Å². The van der Waals surface area contributed by atoms with E-state index in [0.717, 1.165) is 4.47 Å². The molecule has 0 saturated heterocycles. The van der Waals surface area contributed by atoms with Crippen LogP contribution in [0.1, 0.15) is 49.9 Å². The monoisotopic (exact) mass is 516 g/mol. The fourth-order valence-electron chi connectivity index (χ4n) is 5.99. The Kier molecular flexibility index (Phi) is 3.68. The van der Waals surface area contributed by atoms with Gasteiger partial charge in [-0.15, -0.1) is 0 Å². The Bertz CT molecular complexity index is 1410. The molecule has 0 atom stereocenters. The largest absolute Gasteiger partial charge is 0.0616 e. The van der Waals surface area contributed by atoms with Gasteiger partial charge in [0.25, 0.3) is 0 Å². The van der Waals surface area contributed by atoms with Gasteiger partial charge in [0.1, 0.15) is 0 Å². The van der Waals surface area contributed by atoms with Crippen LogP contribution in [0.3, 0.4) is 0 Å². The van der Waals surface area contributed by atoms with Gasteiger partial charge in [-0.1, -0.05) is 102 Å². The maximum atomic E-state index is 3.86. The summed E-state index contributed by atoms with van der Waals surface area (Å²) in [5, 5.41) is 2.62. The van der Waals surface area contributed by atoms with Crippen LogP contribution in [0.25, 0.3) is 33.0 Å². The van der Waals surface area contributed by atoms with Gasteiger partial charge in [-0.2, -0.15) is 0 Å². The molecule has 2 heteroatoms. The summed E-state index contributed by atoms with van der Waals surface area (Å²) in [5.74, 6) is 0. The quantitative estimate of drug-likeness (QED) is 0.218. The Morgan fingerprint density at radius 1 is 0.600 bits per heavy atom. The lowest BCUT2D eigenvalue weighted by Crippen LogP contribution is -2.24. The molecule has 0 unspecified atom stereocenters. The van der Waals surface area contributed by atoms with Gasteiger partial charge in [-0.3, -0.25) is 0 Å². The second kappa shape index (κ2) is 5.87. The predicted octanol–water partition coefficient (Wildman–Crippen LogP) is 8.98. The summed E-state index contributed by atoms with van der Waals surface area (Å²) in [6.45, 7) is 9.57. The SMILES string of the molecule is CC1(C)c2cc(Br)ccc2-c2ccc3c(c21)C(C)(C)c1cc(Br)c2ccccc2c1-3. The molecule has 0 saturated carbocycles. The van der Waals surface area contributed by atoms with Crippen molar-refractivity contribution in [2.24, 2.45) is 0 Å². The molecule has 4 aromatic carbocycles. The third-order valence-electron chi connectivity index (χ3n) is 7.34. The maximum Gasteiger partial charge on any atom is 0.0257 e. The molecule has 0 amide bonds. The molecule has 2 aliphatic carbocycles. The number of benzene rings is 4. The molecule has 0 bridgehead atoms. The predicted molar refractivity (Wildman–Crippen MR) is 134 cm³/mol. The van der Waals surface area contributed by atoms with Crippen molar-refractivity contribution < 1.29 is 0 Å². The second-order valence-electron chi connectivity index (χ2n) is 9.68. The third-order valence-corrected chi connectivity index (χ3v) is 8.49. The van der Waals surface area contributed by atoms with Crippen LogP contribution in [0.4, 0.5) is 0 Å². The first kappa shape index (κ1) is 18.8. The van der Waals surface area contributed by atoms with E-state index in [1.807, 2.05) is 0 Å². The van der Waals surface area contributed by atoms with Crippen molar-refractivity contribution >= 4 is 42.6 Å². The lowest BCUT2D eigenvalue weighted by molar-refractivity contribution is 0.601. The minimum Gasteiger partial charge on any atom is -0.0616 e. The van der Waals surface area contributed by atoms with Crippen LogP contribution in [0, 0.1) is 0 Å². The standard InChI is InChI=1S/C28H22Br2/c1-27(2)21-13-15(29)9-10-16(21)19-11-12-20-24-18-8-6-5-7-17(18)23(30)14-22(24)28(3,4)26(20)25(19)27/h5-14H,1-4H3. The zero-order valence-corrected chi connectivity index (χ0v) is 20.7. The smallest absolute Gasteiger partial charge is 0.0257 e. The Balaban J connectivity index is 1.76. The zero-order valence-electron chi connectivity index (χ0n) is 17.5. The van der Waals surface area contributed by atoms with Gasteiger partial charge in [0.05, 0.1) is 0 Å². The van der Waals surface area contributed by atoms with Crippen LogP contribution in [0.5, 0.6) is 0 Å². The minimum absolute atomic E-state index is 0.0356. The Hall–Kier alpha value is -1.90. The molecule has 2 aliphatic rings. The van der Waals surface area contributed by atoms with Crippen molar-refractivity contribution in [3.63, 3.8) is 0 Å². The molecule has 0 spiro atoms. The molecule has 0 N–H and O–H groups in total. The van der Waals surface area contributed by atoms with Crippen LogP contribution < -0.4 is 0 Å². The van der Waals surface area contributed by atoms with E-state index in [1.165, 1.54) is 59.8 Å². The van der Waals surface area contributed by atoms with Crippen molar-refractivity contribution in [2.75, 3.05) is 0 Å². The van der Waals surface area contributed by atoms with Gasteiger partial charge in [0, 0.05) is 19.8 Å². The first-order valence-electron chi connectivity index (χ1n) is 10.4. The molecule has 148 valence electrons. The normalized spacial score (nSPS) is 16.9. The summed E-state index contributed by atoms with van der Waals surface area (Å²) in [6.07, 6.45) is 0. The molecule has 4 aromatic rings. The van der Waals surface area contributed by atoms with Crippen LogP contribution in [-0.4, -0.2) is 0 Å². The van der Waals surface area contributed by atoms with Gasteiger partial charge in [0.15, 0.2) is 0 Å². The summed E-state index contributed by atoms with van der Waals surface area (Å²) in [4.78, 5) is 0. The number of fused-ring (bicyclic) bond motifs is 9. The molecule has 6 rings (SSSR count). The molecular formula is C28H22Br2. The van der Waals surface area contributed by atoms with Gasteiger partial charge in [-0.25, -0.2) is 0 Å². The molecule has 0 nitrogen and oxygen atoms in total. The Morgan fingerprint density at radius 3 is 1.97 bits per heavy atom. The van der Waals surface area contributed by atoms with Crippen LogP contribution in [-0.2, 0) is 10.8 Å². The van der Waals surface area contributed by atoms with E-state index in [4.69, 9.17) is 0 Å². The molecule has 0 heterocycles. The van der Waals surface area contributed by atoms with E-state index in [2.05, 4.69) is 120 Å².